The second kappa shape index (κ2) is 6.42. The zero-order chi connectivity index (χ0) is 17.1. The van der Waals surface area contributed by atoms with Crippen molar-refractivity contribution >= 4 is 6.08 Å². The molecule has 122 valence electrons. The second-order valence-electron chi connectivity index (χ2n) is 4.88. The van der Waals surface area contributed by atoms with Crippen molar-refractivity contribution in [3.63, 3.8) is 0 Å². The van der Waals surface area contributed by atoms with Crippen molar-refractivity contribution in [2.75, 3.05) is 7.11 Å². The molecule has 2 rings (SSSR count). The first-order valence-corrected chi connectivity index (χ1v) is 6.65. The Hall–Kier alpha value is -2.34. The summed E-state index contributed by atoms with van der Waals surface area (Å²) < 4.78 is 58.2. The van der Waals surface area contributed by atoms with Gasteiger partial charge in [-0.2, -0.15) is 13.2 Å². The summed E-state index contributed by atoms with van der Waals surface area (Å²) in [6.45, 7) is 0. The number of ether oxygens (including phenoxy) is 1. The van der Waals surface area contributed by atoms with Crippen LogP contribution in [0.3, 0.4) is 0 Å². The third-order valence-corrected chi connectivity index (χ3v) is 3.31. The summed E-state index contributed by atoms with van der Waals surface area (Å²) in [5, 5.41) is 10.2. The van der Waals surface area contributed by atoms with E-state index in [-0.39, 0.29) is 11.3 Å². The Balaban J connectivity index is 2.47. The number of aliphatic hydroxyl groups is 1. The molecule has 0 aliphatic carbocycles. The van der Waals surface area contributed by atoms with Crippen LogP contribution in [-0.2, 0) is 5.60 Å². The quantitative estimate of drug-likeness (QED) is 0.849. The summed E-state index contributed by atoms with van der Waals surface area (Å²) in [5.41, 5.74) is -3.40. The van der Waals surface area contributed by atoms with Crippen LogP contribution in [0.4, 0.5) is 17.6 Å². The highest BCUT2D eigenvalue weighted by Crippen LogP contribution is 2.41. The molecule has 0 radical (unpaired) electrons. The zero-order valence-electron chi connectivity index (χ0n) is 12.1. The van der Waals surface area contributed by atoms with E-state index < -0.39 is 23.2 Å². The highest BCUT2D eigenvalue weighted by molar-refractivity contribution is 5.52. The van der Waals surface area contributed by atoms with Crippen LogP contribution in [0.5, 0.6) is 5.75 Å². The third kappa shape index (κ3) is 3.71. The molecule has 0 spiro atoms. The normalized spacial score (nSPS) is 14.7. The smallest absolute Gasteiger partial charge is 0.425 e. The van der Waals surface area contributed by atoms with E-state index in [1.54, 1.807) is 0 Å². The van der Waals surface area contributed by atoms with Crippen molar-refractivity contribution in [2.45, 2.75) is 11.8 Å². The molecule has 0 aliphatic rings. The molecule has 23 heavy (non-hydrogen) atoms. The van der Waals surface area contributed by atoms with Crippen LogP contribution in [0, 0.1) is 5.82 Å². The van der Waals surface area contributed by atoms with E-state index in [9.17, 15) is 22.7 Å². The predicted molar refractivity (Wildman–Crippen MR) is 78.4 cm³/mol. The van der Waals surface area contributed by atoms with Crippen LogP contribution in [0.2, 0.25) is 0 Å². The average molecular weight is 326 g/mol. The average Bonchev–Trinajstić information content (AvgIpc) is 2.51. The van der Waals surface area contributed by atoms with Crippen molar-refractivity contribution in [2.24, 2.45) is 0 Å². The van der Waals surface area contributed by atoms with Gasteiger partial charge in [0.05, 0.1) is 7.11 Å². The Labute approximate surface area is 130 Å². The van der Waals surface area contributed by atoms with Gasteiger partial charge in [0.25, 0.3) is 0 Å². The second-order valence-corrected chi connectivity index (χ2v) is 4.88. The van der Waals surface area contributed by atoms with E-state index >= 15 is 0 Å². The number of rotatable bonds is 4. The summed E-state index contributed by atoms with van der Waals surface area (Å²) in [4.78, 5) is 0. The predicted octanol–water partition coefficient (Wildman–Crippen LogP) is 4.30. The molecule has 0 fully saturated rings. The van der Waals surface area contributed by atoms with Crippen LogP contribution < -0.4 is 4.74 Å². The van der Waals surface area contributed by atoms with E-state index in [1.807, 2.05) is 0 Å². The van der Waals surface area contributed by atoms with Crippen molar-refractivity contribution in [1.29, 1.82) is 0 Å². The molecular formula is C17H14F4O2. The van der Waals surface area contributed by atoms with E-state index in [0.29, 0.717) is 6.08 Å². The van der Waals surface area contributed by atoms with Crippen molar-refractivity contribution in [1.82, 2.24) is 0 Å². The van der Waals surface area contributed by atoms with Gasteiger partial charge in [-0.05, 0) is 35.9 Å². The van der Waals surface area contributed by atoms with Crippen molar-refractivity contribution in [3.05, 3.63) is 71.6 Å². The lowest BCUT2D eigenvalue weighted by Crippen LogP contribution is -2.40. The minimum atomic E-state index is -4.96. The largest absolute Gasteiger partial charge is 0.497 e. The molecule has 0 bridgehead atoms. The summed E-state index contributed by atoms with van der Waals surface area (Å²) in [6.07, 6.45) is -3.34. The maximum absolute atomic E-state index is 13.4. The Morgan fingerprint density at radius 1 is 1.04 bits per heavy atom. The Kier molecular flexibility index (Phi) is 4.75. The van der Waals surface area contributed by atoms with E-state index in [4.69, 9.17) is 4.74 Å². The molecule has 2 nitrogen and oxygen atoms in total. The summed E-state index contributed by atoms with van der Waals surface area (Å²) in [6, 6.07) is 10.1. The van der Waals surface area contributed by atoms with Crippen LogP contribution in [0.15, 0.2) is 54.6 Å². The molecule has 6 heteroatoms. The minimum Gasteiger partial charge on any atom is -0.497 e. The summed E-state index contributed by atoms with van der Waals surface area (Å²) in [7, 11) is 1.31. The van der Waals surface area contributed by atoms with E-state index in [0.717, 1.165) is 24.3 Å². The Morgan fingerprint density at radius 2 is 1.74 bits per heavy atom. The topological polar surface area (TPSA) is 29.5 Å². The van der Waals surface area contributed by atoms with Gasteiger partial charge in [0.1, 0.15) is 11.6 Å². The number of methoxy groups -OCH3 is 1. The van der Waals surface area contributed by atoms with Gasteiger partial charge in [-0.1, -0.05) is 30.3 Å². The number of alkyl halides is 3. The molecule has 0 amide bonds. The zero-order valence-corrected chi connectivity index (χ0v) is 12.1. The van der Waals surface area contributed by atoms with E-state index in [1.165, 1.54) is 37.4 Å². The minimum absolute atomic E-state index is 0.185. The van der Waals surface area contributed by atoms with Gasteiger partial charge in [0.2, 0.25) is 5.60 Å². The Bertz CT molecular complexity index is 710. The SMILES string of the molecule is COc1cccc(C(O)(C=Cc2cccc(F)c2)C(F)(F)F)c1. The Morgan fingerprint density at radius 3 is 2.35 bits per heavy atom. The lowest BCUT2D eigenvalue weighted by atomic mass is 9.91. The van der Waals surface area contributed by atoms with Gasteiger partial charge in [0, 0.05) is 5.56 Å². The van der Waals surface area contributed by atoms with Crippen LogP contribution >= 0.6 is 0 Å². The first kappa shape index (κ1) is 17.0. The third-order valence-electron chi connectivity index (χ3n) is 3.31. The number of halogens is 4. The summed E-state index contributed by atoms with van der Waals surface area (Å²) in [5.74, 6) is -0.395. The van der Waals surface area contributed by atoms with Crippen LogP contribution in [0.1, 0.15) is 11.1 Å². The molecular weight excluding hydrogens is 312 g/mol. The van der Waals surface area contributed by atoms with Gasteiger partial charge in [-0.3, -0.25) is 0 Å². The molecule has 0 heterocycles. The highest BCUT2D eigenvalue weighted by atomic mass is 19.4. The molecule has 0 saturated heterocycles. The fourth-order valence-electron chi connectivity index (χ4n) is 2.04. The maximum atomic E-state index is 13.4. The van der Waals surface area contributed by atoms with Crippen LogP contribution in [-0.4, -0.2) is 18.4 Å². The van der Waals surface area contributed by atoms with Crippen molar-refractivity contribution in [3.8, 4) is 5.75 Å². The highest BCUT2D eigenvalue weighted by Gasteiger charge is 2.53. The first-order chi connectivity index (χ1) is 10.8. The standard InChI is InChI=1S/C17H14F4O2/c1-23-15-7-3-5-13(11-15)16(22,17(19,20)21)9-8-12-4-2-6-14(18)10-12/h2-11,22H,1H3. The van der Waals surface area contributed by atoms with Gasteiger partial charge >= 0.3 is 6.18 Å². The van der Waals surface area contributed by atoms with Crippen molar-refractivity contribution < 1.29 is 27.4 Å². The molecule has 2 aromatic rings. The lowest BCUT2D eigenvalue weighted by molar-refractivity contribution is -0.245. The monoisotopic (exact) mass is 326 g/mol. The molecule has 1 N–H and O–H groups in total. The molecule has 0 saturated carbocycles. The lowest BCUT2D eigenvalue weighted by Gasteiger charge is -2.28. The molecule has 1 atom stereocenters. The number of benzene rings is 2. The molecule has 2 aromatic carbocycles. The van der Waals surface area contributed by atoms with Gasteiger partial charge in [-0.15, -0.1) is 0 Å². The van der Waals surface area contributed by atoms with Gasteiger partial charge in [-0.25, -0.2) is 4.39 Å². The fourth-order valence-corrected chi connectivity index (χ4v) is 2.04. The maximum Gasteiger partial charge on any atom is 0.425 e. The summed E-state index contributed by atoms with van der Waals surface area (Å²) >= 11 is 0. The fraction of sp³-hybridized carbons (Fsp3) is 0.176. The van der Waals surface area contributed by atoms with E-state index in [2.05, 4.69) is 0 Å². The number of hydrogen-bond donors (Lipinski definition) is 1. The molecule has 1 unspecified atom stereocenters. The number of hydrogen-bond acceptors (Lipinski definition) is 2. The van der Waals surface area contributed by atoms with Gasteiger partial charge in [0.15, 0.2) is 0 Å². The molecule has 0 aliphatic heterocycles. The van der Waals surface area contributed by atoms with Crippen LogP contribution in [0.25, 0.3) is 6.08 Å². The van der Waals surface area contributed by atoms with Gasteiger partial charge < -0.3 is 9.84 Å². The first-order valence-electron chi connectivity index (χ1n) is 6.65. The molecule has 0 aromatic heterocycles.